The molecule has 1 aliphatic rings. The normalized spacial score (nSPS) is 12.0. The molecule has 0 bridgehead atoms. The van der Waals surface area contributed by atoms with Crippen molar-refractivity contribution in [3.63, 3.8) is 0 Å². The Morgan fingerprint density at radius 3 is 2.31 bits per heavy atom. The molecule has 1 aliphatic carbocycles. The van der Waals surface area contributed by atoms with Gasteiger partial charge in [-0.25, -0.2) is 9.97 Å². The van der Waals surface area contributed by atoms with E-state index in [1.165, 1.54) is 28.0 Å². The second kappa shape index (κ2) is 12.4. The van der Waals surface area contributed by atoms with E-state index in [0.717, 1.165) is 41.3 Å². The molecule has 1 aromatic carbocycles. The number of terminal acetylenes is 1. The molecule has 5 nitrogen and oxygen atoms in total. The van der Waals surface area contributed by atoms with Crippen LogP contribution in [0, 0.1) is 19.8 Å². The number of aryl methyl sites for hydroxylation is 1. The van der Waals surface area contributed by atoms with Gasteiger partial charge in [-0.3, -0.25) is 4.40 Å². The minimum atomic E-state index is 0.659. The zero-order valence-corrected chi connectivity index (χ0v) is 21.7. The van der Waals surface area contributed by atoms with Gasteiger partial charge in [0.05, 0.1) is 22.8 Å². The lowest BCUT2D eigenvalue weighted by molar-refractivity contribution is 0.753. The van der Waals surface area contributed by atoms with E-state index in [9.17, 15) is 0 Å². The summed E-state index contributed by atoms with van der Waals surface area (Å²) >= 11 is 0. The zero-order valence-electron chi connectivity index (χ0n) is 21.7. The highest BCUT2D eigenvalue weighted by Gasteiger charge is 2.17. The number of hydrogen-bond acceptors (Lipinski definition) is 4. The van der Waals surface area contributed by atoms with E-state index in [0.29, 0.717) is 12.3 Å². The Bertz CT molecular complexity index is 1290. The third-order valence-electron chi connectivity index (χ3n) is 5.53. The Balaban J connectivity index is 0.00000103. The highest BCUT2D eigenvalue weighted by molar-refractivity contribution is 5.67. The van der Waals surface area contributed by atoms with E-state index in [1.54, 1.807) is 0 Å². The number of rotatable bonds is 8. The van der Waals surface area contributed by atoms with E-state index in [2.05, 4.69) is 84.4 Å². The van der Waals surface area contributed by atoms with Gasteiger partial charge in [-0.1, -0.05) is 57.8 Å². The molecule has 4 rings (SSSR count). The third-order valence-corrected chi connectivity index (χ3v) is 5.53. The van der Waals surface area contributed by atoms with Crippen LogP contribution in [0.15, 0.2) is 73.1 Å². The number of benzene rings is 1. The van der Waals surface area contributed by atoms with Crippen LogP contribution < -0.4 is 10.6 Å². The number of nitrogens with zero attached hydrogens (tertiary/aromatic N) is 3. The molecule has 2 N–H and O–H groups in total. The van der Waals surface area contributed by atoms with Crippen molar-refractivity contribution in [1.29, 1.82) is 0 Å². The van der Waals surface area contributed by atoms with E-state index in [1.807, 2.05) is 44.4 Å². The molecule has 0 saturated heterocycles. The van der Waals surface area contributed by atoms with Crippen LogP contribution >= 0.6 is 0 Å². The van der Waals surface area contributed by atoms with Gasteiger partial charge >= 0.3 is 0 Å². The average molecular weight is 468 g/mol. The fourth-order valence-electron chi connectivity index (χ4n) is 3.87. The fourth-order valence-corrected chi connectivity index (χ4v) is 3.87. The Morgan fingerprint density at radius 2 is 1.71 bits per heavy atom. The zero-order chi connectivity index (χ0) is 26.1. The first-order valence-electron chi connectivity index (χ1n) is 11.8. The topological polar surface area (TPSA) is 54.2 Å². The maximum Gasteiger partial charge on any atom is 0.235 e. The highest BCUT2D eigenvalue weighted by atomic mass is 15.1. The molecule has 5 heteroatoms. The predicted molar refractivity (Wildman–Crippen MR) is 149 cm³/mol. The van der Waals surface area contributed by atoms with Crippen molar-refractivity contribution in [3.05, 3.63) is 101 Å². The molecule has 0 spiro atoms. The van der Waals surface area contributed by atoms with Crippen LogP contribution in [-0.4, -0.2) is 14.4 Å². The van der Waals surface area contributed by atoms with Gasteiger partial charge in [0.2, 0.25) is 5.78 Å². The smallest absolute Gasteiger partial charge is 0.235 e. The standard InChI is InChI=1S/C26H29N5.C2H6.C2H2/c1-16(2)24-12-23(30-26-29-19(5)15-31(24)26)20(6)27-13-21-8-7-9-22(11-21)14-28-25-17(3)10-18(25)4;2*1-2/h7-9,11-12,15,27-28H,1,3,6,10,13-14H2,2,4-5H3;1-2H3;1-2H. The first kappa shape index (κ1) is 27.2. The lowest BCUT2D eigenvalue weighted by Gasteiger charge is -2.25. The van der Waals surface area contributed by atoms with Gasteiger partial charge in [0, 0.05) is 25.0 Å². The summed E-state index contributed by atoms with van der Waals surface area (Å²) in [6.07, 6.45) is 11.0. The molecule has 0 atom stereocenters. The van der Waals surface area contributed by atoms with Crippen molar-refractivity contribution in [1.82, 2.24) is 25.0 Å². The average Bonchev–Trinajstić information content (AvgIpc) is 3.24. The molecule has 2 heterocycles. The van der Waals surface area contributed by atoms with Crippen molar-refractivity contribution in [2.24, 2.45) is 0 Å². The first-order valence-corrected chi connectivity index (χ1v) is 11.8. The summed E-state index contributed by atoms with van der Waals surface area (Å²) in [5.74, 6) is 0.659. The number of nitrogens with one attached hydrogen (secondary N) is 2. The molecule has 0 aliphatic heterocycles. The van der Waals surface area contributed by atoms with Crippen molar-refractivity contribution in [3.8, 4) is 12.8 Å². The summed E-state index contributed by atoms with van der Waals surface area (Å²) < 4.78 is 1.97. The van der Waals surface area contributed by atoms with Gasteiger partial charge < -0.3 is 10.6 Å². The Labute approximate surface area is 210 Å². The Kier molecular flexibility index (Phi) is 9.66. The fraction of sp³-hybridized carbons (Fsp3) is 0.267. The van der Waals surface area contributed by atoms with Gasteiger partial charge in [0.25, 0.3) is 0 Å². The number of allylic oxidation sites excluding steroid dienone is 3. The SMILES string of the molecule is C#C.C=C1CC(C)=C1NCc1cccc(CNC(=C)c2cc(C(=C)C)n3cc(C)nc3n2)c1.CC. The molecular formula is C30H37N5. The minimum absolute atomic E-state index is 0.659. The van der Waals surface area contributed by atoms with Crippen LogP contribution in [0.4, 0.5) is 0 Å². The molecule has 2 aromatic heterocycles. The Hall–Kier alpha value is -4.04. The van der Waals surface area contributed by atoms with E-state index >= 15 is 0 Å². The quantitative estimate of drug-likeness (QED) is 0.375. The van der Waals surface area contributed by atoms with Crippen molar-refractivity contribution in [2.75, 3.05) is 0 Å². The van der Waals surface area contributed by atoms with E-state index < -0.39 is 0 Å². The number of imidazole rings is 1. The molecule has 3 aromatic rings. The molecule has 35 heavy (non-hydrogen) atoms. The van der Waals surface area contributed by atoms with Crippen LogP contribution in [0.3, 0.4) is 0 Å². The van der Waals surface area contributed by atoms with Crippen LogP contribution in [0.25, 0.3) is 17.0 Å². The van der Waals surface area contributed by atoms with Crippen LogP contribution in [-0.2, 0) is 13.1 Å². The summed E-state index contributed by atoms with van der Waals surface area (Å²) in [5, 5.41) is 6.92. The molecule has 0 amide bonds. The summed E-state index contributed by atoms with van der Waals surface area (Å²) in [7, 11) is 0. The minimum Gasteiger partial charge on any atom is -0.381 e. The monoisotopic (exact) mass is 467 g/mol. The molecule has 0 fully saturated rings. The summed E-state index contributed by atoms with van der Waals surface area (Å²) in [4.78, 5) is 9.18. The van der Waals surface area contributed by atoms with E-state index in [-0.39, 0.29) is 0 Å². The first-order chi connectivity index (χ1) is 16.8. The maximum atomic E-state index is 4.67. The number of fused-ring (bicyclic) bond motifs is 1. The number of aromatic nitrogens is 3. The van der Waals surface area contributed by atoms with Gasteiger partial charge in [-0.2, -0.15) is 0 Å². The Morgan fingerprint density at radius 1 is 1.06 bits per heavy atom. The lowest BCUT2D eigenvalue weighted by atomic mass is 9.90. The second-order valence-corrected chi connectivity index (χ2v) is 8.30. The predicted octanol–water partition coefficient (Wildman–Crippen LogP) is 6.43. The third kappa shape index (κ3) is 6.51. The second-order valence-electron chi connectivity index (χ2n) is 8.30. The molecule has 0 unspecified atom stereocenters. The summed E-state index contributed by atoms with van der Waals surface area (Å²) in [6, 6.07) is 10.6. The molecular weight excluding hydrogens is 430 g/mol. The van der Waals surface area contributed by atoms with Gasteiger partial charge in [-0.05, 0) is 61.1 Å². The maximum absolute atomic E-state index is 4.67. The van der Waals surface area contributed by atoms with Crippen molar-refractivity contribution in [2.45, 2.75) is 54.1 Å². The summed E-state index contributed by atoms with van der Waals surface area (Å²) in [5.41, 5.74) is 10.6. The van der Waals surface area contributed by atoms with Gasteiger partial charge in [0.15, 0.2) is 0 Å². The van der Waals surface area contributed by atoms with Gasteiger partial charge in [-0.15, -0.1) is 12.8 Å². The van der Waals surface area contributed by atoms with Gasteiger partial charge in [0.1, 0.15) is 0 Å². The van der Waals surface area contributed by atoms with Crippen LogP contribution in [0.1, 0.15) is 62.3 Å². The number of hydrogen-bond donors (Lipinski definition) is 2. The van der Waals surface area contributed by atoms with Crippen molar-refractivity contribution < 1.29 is 0 Å². The molecule has 182 valence electrons. The van der Waals surface area contributed by atoms with Crippen LogP contribution in [0.2, 0.25) is 0 Å². The van der Waals surface area contributed by atoms with Crippen LogP contribution in [0.5, 0.6) is 0 Å². The largest absolute Gasteiger partial charge is 0.381 e. The van der Waals surface area contributed by atoms with E-state index in [4.69, 9.17) is 0 Å². The van der Waals surface area contributed by atoms with Crippen molar-refractivity contribution >= 4 is 17.0 Å². The summed E-state index contributed by atoms with van der Waals surface area (Å²) in [6.45, 7) is 23.9. The molecule has 0 radical (unpaired) electrons. The highest BCUT2D eigenvalue weighted by Crippen LogP contribution is 2.30. The molecule has 0 saturated carbocycles. The lowest BCUT2D eigenvalue weighted by Crippen LogP contribution is -2.22.